The van der Waals surface area contributed by atoms with Crippen LogP contribution in [0.1, 0.15) is 57.9 Å². The van der Waals surface area contributed by atoms with Crippen molar-refractivity contribution < 1.29 is 0 Å². The summed E-state index contributed by atoms with van der Waals surface area (Å²) in [4.78, 5) is 0. The maximum Gasteiger partial charge on any atom is 0.00697 e. The average molecular weight is 273 g/mol. The summed E-state index contributed by atoms with van der Waals surface area (Å²) in [6.45, 7) is 5.89. The summed E-state index contributed by atoms with van der Waals surface area (Å²) in [5, 5.41) is 3.80. The molecular weight excluding hydrogens is 242 g/mol. The van der Waals surface area contributed by atoms with Gasteiger partial charge in [0.15, 0.2) is 0 Å². The number of rotatable bonds is 7. The lowest BCUT2D eigenvalue weighted by Crippen LogP contribution is -2.35. The van der Waals surface area contributed by atoms with E-state index in [-0.39, 0.29) is 0 Å². The lowest BCUT2D eigenvalue weighted by atomic mass is 9.81. The lowest BCUT2D eigenvalue weighted by molar-refractivity contribution is 0.253. The van der Waals surface area contributed by atoms with Gasteiger partial charge in [0.25, 0.3) is 0 Å². The Hall–Kier alpha value is -0.820. The molecule has 0 saturated heterocycles. The van der Waals surface area contributed by atoms with Gasteiger partial charge in [-0.15, -0.1) is 0 Å². The molecule has 1 aromatic carbocycles. The average Bonchev–Trinajstić information content (AvgIpc) is 2.44. The summed E-state index contributed by atoms with van der Waals surface area (Å²) in [6.07, 6.45) is 9.56. The van der Waals surface area contributed by atoms with Crippen molar-refractivity contribution in [3.8, 4) is 0 Å². The second-order valence-corrected chi connectivity index (χ2v) is 6.90. The molecule has 2 rings (SSSR count). The van der Waals surface area contributed by atoms with Crippen LogP contribution in [0.4, 0.5) is 0 Å². The van der Waals surface area contributed by atoms with Crippen molar-refractivity contribution in [2.45, 2.75) is 64.8 Å². The highest BCUT2D eigenvalue weighted by Gasteiger charge is 2.21. The van der Waals surface area contributed by atoms with E-state index in [0.717, 1.165) is 17.9 Å². The van der Waals surface area contributed by atoms with Crippen LogP contribution in [0.3, 0.4) is 0 Å². The second kappa shape index (κ2) is 8.46. The van der Waals surface area contributed by atoms with Crippen LogP contribution in [0.5, 0.6) is 0 Å². The largest absolute Gasteiger partial charge is 0.314 e. The highest BCUT2D eigenvalue weighted by atomic mass is 14.9. The predicted octanol–water partition coefficient (Wildman–Crippen LogP) is 4.81. The minimum atomic E-state index is 0.781. The van der Waals surface area contributed by atoms with Crippen LogP contribution in [-0.4, -0.2) is 12.6 Å². The molecule has 2 unspecified atom stereocenters. The Labute approximate surface area is 125 Å². The molecule has 1 fully saturated rings. The van der Waals surface area contributed by atoms with E-state index in [4.69, 9.17) is 0 Å². The van der Waals surface area contributed by atoms with Crippen molar-refractivity contribution in [3.63, 3.8) is 0 Å². The van der Waals surface area contributed by atoms with Gasteiger partial charge in [0.2, 0.25) is 0 Å². The van der Waals surface area contributed by atoms with E-state index in [0.29, 0.717) is 0 Å². The van der Waals surface area contributed by atoms with Crippen molar-refractivity contribution in [2.75, 3.05) is 6.54 Å². The molecule has 0 aliphatic heterocycles. The van der Waals surface area contributed by atoms with E-state index in [1.165, 1.54) is 57.1 Å². The summed E-state index contributed by atoms with van der Waals surface area (Å²) in [5.74, 6) is 1.83. The molecule has 1 saturated carbocycles. The van der Waals surface area contributed by atoms with Gasteiger partial charge in [-0.1, -0.05) is 57.0 Å². The fraction of sp³-hybridized carbons (Fsp3) is 0.684. The number of benzene rings is 1. The van der Waals surface area contributed by atoms with E-state index >= 15 is 0 Å². The van der Waals surface area contributed by atoms with Crippen molar-refractivity contribution in [1.82, 2.24) is 5.32 Å². The van der Waals surface area contributed by atoms with Crippen molar-refractivity contribution in [2.24, 2.45) is 11.8 Å². The molecular formula is C19H31N. The van der Waals surface area contributed by atoms with E-state index in [9.17, 15) is 0 Å². The Kier molecular flexibility index (Phi) is 6.59. The fourth-order valence-electron chi connectivity index (χ4n) is 3.60. The minimum Gasteiger partial charge on any atom is -0.314 e. The molecule has 2 atom stereocenters. The molecule has 1 aliphatic carbocycles. The Balaban J connectivity index is 1.61. The van der Waals surface area contributed by atoms with Crippen LogP contribution in [0, 0.1) is 11.8 Å². The molecule has 0 spiro atoms. The first-order chi connectivity index (χ1) is 9.74. The van der Waals surface area contributed by atoms with Crippen LogP contribution in [0.15, 0.2) is 30.3 Å². The van der Waals surface area contributed by atoms with Gasteiger partial charge in [0.1, 0.15) is 0 Å². The van der Waals surface area contributed by atoms with Crippen molar-refractivity contribution >= 4 is 0 Å². The van der Waals surface area contributed by atoms with Gasteiger partial charge in [0.05, 0.1) is 0 Å². The fourth-order valence-corrected chi connectivity index (χ4v) is 3.60. The Morgan fingerprint density at radius 1 is 1.15 bits per heavy atom. The molecule has 1 nitrogen and oxygen atoms in total. The number of hydrogen-bond acceptors (Lipinski definition) is 1. The van der Waals surface area contributed by atoms with Crippen molar-refractivity contribution in [3.05, 3.63) is 35.9 Å². The molecule has 1 aromatic rings. The van der Waals surface area contributed by atoms with Gasteiger partial charge in [-0.2, -0.15) is 0 Å². The molecule has 0 bridgehead atoms. The first kappa shape index (κ1) is 15.6. The van der Waals surface area contributed by atoms with Gasteiger partial charge in [-0.25, -0.2) is 0 Å². The molecule has 112 valence electrons. The highest BCUT2D eigenvalue weighted by Crippen LogP contribution is 2.29. The third kappa shape index (κ3) is 5.66. The Morgan fingerprint density at radius 3 is 2.70 bits per heavy atom. The summed E-state index contributed by atoms with van der Waals surface area (Å²) < 4.78 is 0. The third-order valence-corrected chi connectivity index (χ3v) is 4.51. The van der Waals surface area contributed by atoms with E-state index in [1.807, 2.05) is 0 Å². The van der Waals surface area contributed by atoms with Gasteiger partial charge < -0.3 is 5.32 Å². The van der Waals surface area contributed by atoms with Crippen molar-refractivity contribution in [1.29, 1.82) is 0 Å². The summed E-state index contributed by atoms with van der Waals surface area (Å²) in [7, 11) is 0. The monoisotopic (exact) mass is 273 g/mol. The SMILES string of the molecule is CC(C)CC1CCCC(NCCCc2ccccc2)C1. The third-order valence-electron chi connectivity index (χ3n) is 4.51. The first-order valence-corrected chi connectivity index (χ1v) is 8.51. The highest BCUT2D eigenvalue weighted by molar-refractivity contribution is 5.14. The van der Waals surface area contributed by atoms with Gasteiger partial charge in [-0.3, -0.25) is 0 Å². The zero-order valence-corrected chi connectivity index (χ0v) is 13.3. The quantitative estimate of drug-likeness (QED) is 0.703. The number of aryl methyl sites for hydroxylation is 1. The van der Waals surface area contributed by atoms with Crippen LogP contribution in [0.25, 0.3) is 0 Å². The summed E-state index contributed by atoms with van der Waals surface area (Å²) in [5.41, 5.74) is 1.47. The van der Waals surface area contributed by atoms with Crippen LogP contribution in [-0.2, 0) is 6.42 Å². The summed E-state index contributed by atoms with van der Waals surface area (Å²) in [6, 6.07) is 11.6. The van der Waals surface area contributed by atoms with E-state index in [2.05, 4.69) is 49.5 Å². The smallest absolute Gasteiger partial charge is 0.00697 e. The Morgan fingerprint density at radius 2 is 1.95 bits per heavy atom. The van der Waals surface area contributed by atoms with Gasteiger partial charge in [0, 0.05) is 6.04 Å². The van der Waals surface area contributed by atoms with Crippen LogP contribution >= 0.6 is 0 Å². The van der Waals surface area contributed by atoms with E-state index in [1.54, 1.807) is 0 Å². The van der Waals surface area contributed by atoms with Gasteiger partial charge in [-0.05, 0) is 56.0 Å². The summed E-state index contributed by atoms with van der Waals surface area (Å²) >= 11 is 0. The van der Waals surface area contributed by atoms with Crippen LogP contribution < -0.4 is 5.32 Å². The first-order valence-electron chi connectivity index (χ1n) is 8.51. The molecule has 0 aromatic heterocycles. The maximum atomic E-state index is 3.80. The molecule has 1 heteroatoms. The minimum absolute atomic E-state index is 0.781. The second-order valence-electron chi connectivity index (χ2n) is 6.90. The number of nitrogens with one attached hydrogen (secondary N) is 1. The standard InChI is InChI=1S/C19H31N/c1-16(2)14-18-10-6-12-19(15-18)20-13-7-11-17-8-4-3-5-9-17/h3-5,8-9,16,18-20H,6-7,10-15H2,1-2H3. The topological polar surface area (TPSA) is 12.0 Å². The molecule has 1 aliphatic rings. The molecule has 0 radical (unpaired) electrons. The van der Waals surface area contributed by atoms with Gasteiger partial charge >= 0.3 is 0 Å². The number of hydrogen-bond donors (Lipinski definition) is 1. The molecule has 0 heterocycles. The maximum absolute atomic E-state index is 3.80. The molecule has 20 heavy (non-hydrogen) atoms. The zero-order chi connectivity index (χ0) is 14.2. The Bertz CT molecular complexity index is 357. The molecule has 1 N–H and O–H groups in total. The lowest BCUT2D eigenvalue weighted by Gasteiger charge is -2.31. The van der Waals surface area contributed by atoms with E-state index < -0.39 is 0 Å². The molecule has 0 amide bonds. The van der Waals surface area contributed by atoms with Crippen LogP contribution in [0.2, 0.25) is 0 Å². The zero-order valence-electron chi connectivity index (χ0n) is 13.3. The normalized spacial score (nSPS) is 23.1. The predicted molar refractivity (Wildman–Crippen MR) is 88.0 cm³/mol.